The van der Waals surface area contributed by atoms with E-state index in [4.69, 9.17) is 0 Å². The minimum Gasteiger partial charge on any atom is -0.362 e. The van der Waals surface area contributed by atoms with Gasteiger partial charge in [0.1, 0.15) is 5.66 Å². The van der Waals surface area contributed by atoms with E-state index in [1.807, 2.05) is 66.4 Å². The highest BCUT2D eigenvalue weighted by molar-refractivity contribution is 6.02. The minimum atomic E-state index is -0.460. The molecule has 0 saturated carbocycles. The minimum absolute atomic E-state index is 0.0446. The highest BCUT2D eigenvalue weighted by atomic mass is 16.2. The fraction of sp³-hybridized carbons (Fsp3) is 0.333. The van der Waals surface area contributed by atoms with E-state index < -0.39 is 5.66 Å². The summed E-state index contributed by atoms with van der Waals surface area (Å²) in [4.78, 5) is 27.2. The molecule has 0 radical (unpaired) electrons. The van der Waals surface area contributed by atoms with Crippen molar-refractivity contribution in [3.8, 4) is 0 Å². The quantitative estimate of drug-likeness (QED) is 0.876. The van der Waals surface area contributed by atoms with Crippen molar-refractivity contribution in [2.24, 2.45) is 0 Å². The largest absolute Gasteiger partial charge is 0.362 e. The van der Waals surface area contributed by atoms with E-state index in [-0.39, 0.29) is 17.7 Å². The molecule has 2 amide bonds. The molecule has 0 aliphatic carbocycles. The lowest BCUT2D eigenvalue weighted by Crippen LogP contribution is -2.62. The van der Waals surface area contributed by atoms with Crippen molar-refractivity contribution < 1.29 is 9.59 Å². The lowest BCUT2D eigenvalue weighted by atomic mass is 9.91. The van der Waals surface area contributed by atoms with Gasteiger partial charge in [0.05, 0.1) is 11.5 Å². The van der Waals surface area contributed by atoms with Crippen molar-refractivity contribution in [2.45, 2.75) is 31.3 Å². The fourth-order valence-electron chi connectivity index (χ4n) is 3.88. The summed E-state index contributed by atoms with van der Waals surface area (Å²) in [5.74, 6) is -0.0507. The monoisotopic (exact) mass is 349 g/mol. The average molecular weight is 349 g/mol. The van der Waals surface area contributed by atoms with Gasteiger partial charge in [0.25, 0.3) is 5.91 Å². The van der Waals surface area contributed by atoms with Crippen molar-refractivity contribution in [3.05, 3.63) is 65.7 Å². The normalized spacial score (nSPS) is 19.3. The van der Waals surface area contributed by atoms with Gasteiger partial charge >= 0.3 is 0 Å². The maximum absolute atomic E-state index is 12.9. The van der Waals surface area contributed by atoms with Gasteiger partial charge in [0.2, 0.25) is 5.91 Å². The maximum Gasteiger partial charge on any atom is 0.255 e. The van der Waals surface area contributed by atoms with Crippen LogP contribution in [0, 0.1) is 0 Å². The molecule has 1 spiro atoms. The topological polar surface area (TPSA) is 61.4 Å². The first-order valence-electron chi connectivity index (χ1n) is 9.11. The van der Waals surface area contributed by atoms with Crippen LogP contribution in [-0.2, 0) is 4.79 Å². The molecular formula is C21H23N3O2. The molecule has 5 nitrogen and oxygen atoms in total. The maximum atomic E-state index is 12.9. The Hall–Kier alpha value is -2.82. The lowest BCUT2D eigenvalue weighted by Gasteiger charge is -2.46. The predicted molar refractivity (Wildman–Crippen MR) is 101 cm³/mol. The van der Waals surface area contributed by atoms with Gasteiger partial charge in [-0.3, -0.25) is 9.59 Å². The lowest BCUT2D eigenvalue weighted by molar-refractivity contribution is -0.134. The van der Waals surface area contributed by atoms with Gasteiger partial charge in [-0.05, 0) is 24.6 Å². The highest BCUT2D eigenvalue weighted by Gasteiger charge is 2.41. The Morgan fingerprint density at radius 3 is 2.38 bits per heavy atom. The number of nitrogens with one attached hydrogen (secondary N) is 2. The van der Waals surface area contributed by atoms with Crippen LogP contribution in [0.1, 0.15) is 41.6 Å². The number of likely N-dealkylation sites (tertiary alicyclic amines) is 1. The Kier molecular flexibility index (Phi) is 4.15. The molecule has 26 heavy (non-hydrogen) atoms. The predicted octanol–water partition coefficient (Wildman–Crippen LogP) is 2.96. The number of fused-ring (bicyclic) bond motifs is 1. The first kappa shape index (κ1) is 16.6. The zero-order chi connectivity index (χ0) is 18.1. The van der Waals surface area contributed by atoms with Crippen LogP contribution in [0.15, 0.2) is 54.6 Å². The van der Waals surface area contributed by atoms with Gasteiger partial charge in [-0.2, -0.15) is 0 Å². The van der Waals surface area contributed by atoms with Gasteiger partial charge in [-0.15, -0.1) is 0 Å². The number of carbonyl (C=O) groups is 2. The van der Waals surface area contributed by atoms with Crippen molar-refractivity contribution in [3.63, 3.8) is 0 Å². The summed E-state index contributed by atoms with van der Waals surface area (Å²) in [6, 6.07) is 17.4. The van der Waals surface area contributed by atoms with E-state index in [0.29, 0.717) is 31.5 Å². The van der Waals surface area contributed by atoms with Crippen molar-refractivity contribution in [2.75, 3.05) is 18.4 Å². The smallest absolute Gasteiger partial charge is 0.255 e. The standard InChI is InChI=1S/C21H23N3O2/c1-15(16-7-3-2-4-8-16)20(26)24-13-11-21(12-14-24)22-18-10-6-5-9-17(18)19(25)23-21/h2-10,15,22H,11-14H2,1H3,(H,23,25). The van der Waals surface area contributed by atoms with Crippen LogP contribution in [0.3, 0.4) is 0 Å². The average Bonchev–Trinajstić information content (AvgIpc) is 2.68. The first-order chi connectivity index (χ1) is 12.6. The number of benzene rings is 2. The zero-order valence-electron chi connectivity index (χ0n) is 14.9. The second kappa shape index (κ2) is 6.48. The van der Waals surface area contributed by atoms with E-state index >= 15 is 0 Å². The summed E-state index contributed by atoms with van der Waals surface area (Å²) >= 11 is 0. The van der Waals surface area contributed by atoms with E-state index in [1.165, 1.54) is 0 Å². The zero-order valence-corrected chi connectivity index (χ0v) is 14.9. The molecule has 134 valence electrons. The summed E-state index contributed by atoms with van der Waals surface area (Å²) in [5.41, 5.74) is 2.12. The molecule has 2 N–H and O–H groups in total. The number of hydrogen-bond donors (Lipinski definition) is 2. The SMILES string of the molecule is CC(C(=O)N1CCC2(CC1)NC(=O)c1ccccc1N2)c1ccccc1. The number of piperidine rings is 1. The van der Waals surface area contributed by atoms with E-state index in [0.717, 1.165) is 11.3 Å². The van der Waals surface area contributed by atoms with Crippen molar-refractivity contribution >= 4 is 17.5 Å². The van der Waals surface area contributed by atoms with Crippen molar-refractivity contribution in [1.82, 2.24) is 10.2 Å². The number of nitrogens with zero attached hydrogens (tertiary/aromatic N) is 1. The number of carbonyl (C=O) groups excluding carboxylic acids is 2. The van der Waals surface area contributed by atoms with Gasteiger partial charge in [-0.1, -0.05) is 42.5 Å². The number of rotatable bonds is 2. The summed E-state index contributed by atoms with van der Waals surface area (Å²) in [6.07, 6.45) is 1.39. The molecule has 0 bridgehead atoms. The van der Waals surface area contributed by atoms with Gasteiger partial charge in [-0.25, -0.2) is 0 Å². The highest BCUT2D eigenvalue weighted by Crippen LogP contribution is 2.32. The third kappa shape index (κ3) is 2.94. The summed E-state index contributed by atoms with van der Waals surface area (Å²) in [6.45, 7) is 3.22. The van der Waals surface area contributed by atoms with E-state index in [1.54, 1.807) is 0 Å². The molecule has 2 aliphatic heterocycles. The summed E-state index contributed by atoms with van der Waals surface area (Å²) < 4.78 is 0. The fourth-order valence-corrected chi connectivity index (χ4v) is 3.88. The summed E-state index contributed by atoms with van der Waals surface area (Å²) in [7, 11) is 0. The second-order valence-corrected chi connectivity index (χ2v) is 7.16. The molecular weight excluding hydrogens is 326 g/mol. The van der Waals surface area contributed by atoms with Crippen LogP contribution in [0.4, 0.5) is 5.69 Å². The molecule has 2 aliphatic rings. The van der Waals surface area contributed by atoms with E-state index in [9.17, 15) is 9.59 Å². The van der Waals surface area contributed by atoms with Crippen LogP contribution in [0.25, 0.3) is 0 Å². The molecule has 2 aromatic carbocycles. The van der Waals surface area contributed by atoms with Gasteiger partial charge < -0.3 is 15.5 Å². The molecule has 1 atom stereocenters. The van der Waals surface area contributed by atoms with Gasteiger partial charge in [0.15, 0.2) is 0 Å². The van der Waals surface area contributed by atoms with Gasteiger partial charge in [0, 0.05) is 31.6 Å². The van der Waals surface area contributed by atoms with Crippen molar-refractivity contribution in [1.29, 1.82) is 0 Å². The Labute approximate surface area is 153 Å². The number of anilines is 1. The Balaban J connectivity index is 1.45. The Bertz CT molecular complexity index is 826. The summed E-state index contributed by atoms with van der Waals surface area (Å²) in [5, 5.41) is 6.61. The second-order valence-electron chi connectivity index (χ2n) is 7.16. The number of para-hydroxylation sites is 1. The van der Waals surface area contributed by atoms with Crippen LogP contribution in [0.5, 0.6) is 0 Å². The van der Waals surface area contributed by atoms with Crippen LogP contribution in [-0.4, -0.2) is 35.5 Å². The third-order valence-electron chi connectivity index (χ3n) is 5.50. The third-order valence-corrected chi connectivity index (χ3v) is 5.50. The van der Waals surface area contributed by atoms with Crippen LogP contribution < -0.4 is 10.6 Å². The van der Waals surface area contributed by atoms with Crippen LogP contribution >= 0.6 is 0 Å². The number of hydrogen-bond acceptors (Lipinski definition) is 3. The molecule has 2 heterocycles. The Morgan fingerprint density at radius 2 is 1.65 bits per heavy atom. The molecule has 1 unspecified atom stereocenters. The molecule has 1 fully saturated rings. The van der Waals surface area contributed by atoms with E-state index in [2.05, 4.69) is 10.6 Å². The Morgan fingerprint density at radius 1 is 1.00 bits per heavy atom. The first-order valence-corrected chi connectivity index (χ1v) is 9.11. The molecule has 0 aromatic heterocycles. The van der Waals surface area contributed by atoms with Crippen LogP contribution in [0.2, 0.25) is 0 Å². The molecule has 2 aromatic rings. The number of amides is 2. The molecule has 5 heteroatoms. The molecule has 4 rings (SSSR count). The molecule has 1 saturated heterocycles.